The van der Waals surface area contributed by atoms with Crippen LogP contribution in [0.1, 0.15) is 21.7 Å². The zero-order valence-electron chi connectivity index (χ0n) is 8.81. The highest BCUT2D eigenvalue weighted by atomic mass is 16.1. The first-order valence-corrected chi connectivity index (χ1v) is 5.11. The number of hydrogen-bond acceptors (Lipinski definition) is 3. The molecule has 0 saturated carbocycles. The number of benzene rings is 1. The Morgan fingerprint density at radius 2 is 2.06 bits per heavy atom. The molecule has 2 N–H and O–H groups in total. The van der Waals surface area contributed by atoms with Gasteiger partial charge in [-0.3, -0.25) is 4.79 Å². The zero-order chi connectivity index (χ0) is 11.2. The monoisotopic (exact) mass is 215 g/mol. The summed E-state index contributed by atoms with van der Waals surface area (Å²) in [5, 5.41) is 3.26. The highest BCUT2D eigenvalue weighted by Crippen LogP contribution is 2.02. The highest BCUT2D eigenvalue weighted by Gasteiger charge is 1.95. The molecule has 82 valence electrons. The van der Waals surface area contributed by atoms with Crippen molar-refractivity contribution in [1.82, 2.24) is 15.3 Å². The summed E-state index contributed by atoms with van der Waals surface area (Å²) < 4.78 is 0. The van der Waals surface area contributed by atoms with E-state index in [4.69, 9.17) is 0 Å². The summed E-state index contributed by atoms with van der Waals surface area (Å²) in [5.74, 6) is 0.921. The maximum Gasteiger partial charge on any atom is 0.150 e. The molecule has 0 spiro atoms. The third kappa shape index (κ3) is 2.77. The van der Waals surface area contributed by atoms with E-state index in [1.165, 1.54) is 0 Å². The van der Waals surface area contributed by atoms with Crippen LogP contribution in [0.4, 0.5) is 0 Å². The molecule has 0 fully saturated rings. The van der Waals surface area contributed by atoms with Gasteiger partial charge in [0.05, 0.1) is 6.54 Å². The number of hydrogen-bond donors (Lipinski definition) is 2. The molecule has 0 unspecified atom stereocenters. The molecule has 0 aliphatic rings. The average Bonchev–Trinajstić information content (AvgIpc) is 2.83. The SMILES string of the molecule is O=Cc1ccc(CNCc2ncc[nH]2)cc1. The number of rotatable bonds is 5. The van der Waals surface area contributed by atoms with E-state index in [2.05, 4.69) is 15.3 Å². The number of aromatic nitrogens is 2. The number of nitrogens with zero attached hydrogens (tertiary/aromatic N) is 1. The largest absolute Gasteiger partial charge is 0.348 e. The molecule has 0 aliphatic carbocycles. The minimum Gasteiger partial charge on any atom is -0.348 e. The van der Waals surface area contributed by atoms with Crippen molar-refractivity contribution in [2.75, 3.05) is 0 Å². The number of carbonyl (C=O) groups excluding carboxylic acids is 1. The Morgan fingerprint density at radius 3 is 2.69 bits per heavy atom. The molecule has 2 aromatic rings. The van der Waals surface area contributed by atoms with E-state index in [0.29, 0.717) is 12.1 Å². The van der Waals surface area contributed by atoms with Crippen molar-refractivity contribution >= 4 is 6.29 Å². The molecule has 0 amide bonds. The van der Waals surface area contributed by atoms with E-state index in [1.54, 1.807) is 12.4 Å². The summed E-state index contributed by atoms with van der Waals surface area (Å²) in [6.45, 7) is 1.47. The van der Waals surface area contributed by atoms with Gasteiger partial charge in [0.15, 0.2) is 0 Å². The van der Waals surface area contributed by atoms with Crippen LogP contribution in [0.2, 0.25) is 0 Å². The van der Waals surface area contributed by atoms with Crippen molar-refractivity contribution in [2.45, 2.75) is 13.1 Å². The van der Waals surface area contributed by atoms with E-state index in [9.17, 15) is 4.79 Å². The third-order valence-corrected chi connectivity index (χ3v) is 2.29. The molecule has 1 aromatic carbocycles. The third-order valence-electron chi connectivity index (χ3n) is 2.29. The minimum absolute atomic E-state index is 0.704. The summed E-state index contributed by atoms with van der Waals surface area (Å²) in [5.41, 5.74) is 1.85. The van der Waals surface area contributed by atoms with Crippen LogP contribution < -0.4 is 5.32 Å². The van der Waals surface area contributed by atoms with E-state index < -0.39 is 0 Å². The normalized spacial score (nSPS) is 10.2. The number of nitrogens with one attached hydrogen (secondary N) is 2. The molecule has 0 aliphatic heterocycles. The van der Waals surface area contributed by atoms with Crippen molar-refractivity contribution in [3.63, 3.8) is 0 Å². The number of imidazole rings is 1. The van der Waals surface area contributed by atoms with E-state index >= 15 is 0 Å². The fourth-order valence-electron chi connectivity index (χ4n) is 1.43. The first kappa shape index (κ1) is 10.6. The Morgan fingerprint density at radius 1 is 1.25 bits per heavy atom. The molecule has 0 bridgehead atoms. The Kier molecular flexibility index (Phi) is 3.46. The van der Waals surface area contributed by atoms with Crippen LogP contribution in [0.25, 0.3) is 0 Å². The van der Waals surface area contributed by atoms with Gasteiger partial charge < -0.3 is 10.3 Å². The average molecular weight is 215 g/mol. The van der Waals surface area contributed by atoms with Gasteiger partial charge in [0.1, 0.15) is 12.1 Å². The summed E-state index contributed by atoms with van der Waals surface area (Å²) >= 11 is 0. The number of aromatic amines is 1. The van der Waals surface area contributed by atoms with E-state index in [1.807, 2.05) is 24.3 Å². The van der Waals surface area contributed by atoms with Crippen LogP contribution in [-0.4, -0.2) is 16.3 Å². The fraction of sp³-hybridized carbons (Fsp3) is 0.167. The smallest absolute Gasteiger partial charge is 0.150 e. The standard InChI is InChI=1S/C12H13N3O/c16-9-11-3-1-10(2-4-11)7-13-8-12-14-5-6-15-12/h1-6,9,13H,7-8H2,(H,14,15). The predicted molar refractivity (Wildman–Crippen MR) is 61.0 cm³/mol. The van der Waals surface area contributed by atoms with Gasteiger partial charge in [-0.05, 0) is 5.56 Å². The van der Waals surface area contributed by atoms with Crippen LogP contribution in [0.15, 0.2) is 36.7 Å². The summed E-state index contributed by atoms with van der Waals surface area (Å²) in [4.78, 5) is 17.6. The van der Waals surface area contributed by atoms with Gasteiger partial charge in [-0.25, -0.2) is 4.98 Å². The topological polar surface area (TPSA) is 57.8 Å². The van der Waals surface area contributed by atoms with E-state index in [-0.39, 0.29) is 0 Å². The Hall–Kier alpha value is -1.94. The quantitative estimate of drug-likeness (QED) is 0.743. The van der Waals surface area contributed by atoms with Gasteiger partial charge in [0.25, 0.3) is 0 Å². The molecule has 0 saturated heterocycles. The van der Waals surface area contributed by atoms with Gasteiger partial charge >= 0.3 is 0 Å². The van der Waals surface area contributed by atoms with Gasteiger partial charge in [-0.1, -0.05) is 24.3 Å². The summed E-state index contributed by atoms with van der Waals surface area (Å²) in [7, 11) is 0. The maximum absolute atomic E-state index is 10.5. The maximum atomic E-state index is 10.5. The lowest BCUT2D eigenvalue weighted by Gasteiger charge is -2.03. The first-order chi connectivity index (χ1) is 7.88. The second-order valence-electron chi connectivity index (χ2n) is 3.50. The van der Waals surface area contributed by atoms with Crippen molar-refractivity contribution in [1.29, 1.82) is 0 Å². The molecule has 16 heavy (non-hydrogen) atoms. The number of H-pyrrole nitrogens is 1. The molecule has 2 rings (SSSR count). The van der Waals surface area contributed by atoms with Crippen LogP contribution in [0.3, 0.4) is 0 Å². The molecule has 4 heteroatoms. The number of carbonyl (C=O) groups is 1. The second kappa shape index (κ2) is 5.23. The van der Waals surface area contributed by atoms with Crippen LogP contribution in [0.5, 0.6) is 0 Å². The molecule has 0 radical (unpaired) electrons. The molecular formula is C12H13N3O. The van der Waals surface area contributed by atoms with Crippen molar-refractivity contribution in [2.24, 2.45) is 0 Å². The fourth-order valence-corrected chi connectivity index (χ4v) is 1.43. The van der Waals surface area contributed by atoms with E-state index in [0.717, 1.165) is 24.2 Å². The highest BCUT2D eigenvalue weighted by molar-refractivity contribution is 5.74. The molecular weight excluding hydrogens is 202 g/mol. The molecule has 0 atom stereocenters. The Balaban J connectivity index is 1.83. The van der Waals surface area contributed by atoms with Crippen molar-refractivity contribution < 1.29 is 4.79 Å². The molecule has 4 nitrogen and oxygen atoms in total. The van der Waals surface area contributed by atoms with Gasteiger partial charge in [0, 0.05) is 24.5 Å². The zero-order valence-corrected chi connectivity index (χ0v) is 8.81. The second-order valence-corrected chi connectivity index (χ2v) is 3.50. The van der Waals surface area contributed by atoms with Gasteiger partial charge in [-0.15, -0.1) is 0 Å². The summed E-state index contributed by atoms with van der Waals surface area (Å²) in [6, 6.07) is 7.52. The Bertz CT molecular complexity index is 434. The van der Waals surface area contributed by atoms with Gasteiger partial charge in [-0.2, -0.15) is 0 Å². The van der Waals surface area contributed by atoms with Gasteiger partial charge in [0.2, 0.25) is 0 Å². The van der Waals surface area contributed by atoms with Crippen molar-refractivity contribution in [3.8, 4) is 0 Å². The van der Waals surface area contributed by atoms with Crippen LogP contribution >= 0.6 is 0 Å². The summed E-state index contributed by atoms with van der Waals surface area (Å²) in [6.07, 6.45) is 4.38. The van der Waals surface area contributed by atoms with Crippen LogP contribution in [0, 0.1) is 0 Å². The Labute approximate surface area is 93.7 Å². The minimum atomic E-state index is 0.704. The lowest BCUT2D eigenvalue weighted by Crippen LogP contribution is -2.13. The van der Waals surface area contributed by atoms with Crippen LogP contribution in [-0.2, 0) is 13.1 Å². The number of aldehydes is 1. The predicted octanol–water partition coefficient (Wildman–Crippen LogP) is 1.51. The van der Waals surface area contributed by atoms with Crippen molar-refractivity contribution in [3.05, 3.63) is 53.6 Å². The molecule has 1 aromatic heterocycles. The first-order valence-electron chi connectivity index (χ1n) is 5.11. The lowest BCUT2D eigenvalue weighted by atomic mass is 10.1. The lowest BCUT2D eigenvalue weighted by molar-refractivity contribution is 0.112. The molecule has 1 heterocycles.